The lowest BCUT2D eigenvalue weighted by Crippen LogP contribution is -2.42. The number of benzene rings is 1. The van der Waals surface area contributed by atoms with Gasteiger partial charge >= 0.3 is 5.97 Å². The third-order valence-electron chi connectivity index (χ3n) is 4.42. The maximum atomic E-state index is 12.7. The molecule has 1 saturated carbocycles. The van der Waals surface area contributed by atoms with Gasteiger partial charge in [-0.15, -0.1) is 0 Å². The maximum absolute atomic E-state index is 12.7. The zero-order valence-corrected chi connectivity index (χ0v) is 11.8. The van der Waals surface area contributed by atoms with Crippen molar-refractivity contribution in [2.24, 2.45) is 11.8 Å². The van der Waals surface area contributed by atoms with Crippen LogP contribution in [0.2, 0.25) is 0 Å². The van der Waals surface area contributed by atoms with Crippen molar-refractivity contribution < 1.29 is 19.4 Å². The van der Waals surface area contributed by atoms with E-state index in [0.29, 0.717) is 38.8 Å². The fourth-order valence-electron chi connectivity index (χ4n) is 3.21. The number of ether oxygens (including phenoxy) is 1. The number of fused-ring (bicyclic) bond motifs is 1. The number of anilines is 1. The molecular weight excluding hydrogens is 270 g/mol. The number of carbonyl (C=O) groups excluding carboxylic acids is 1. The highest BCUT2D eigenvalue weighted by atomic mass is 16.5. The zero-order valence-electron chi connectivity index (χ0n) is 11.8. The molecule has 0 unspecified atom stereocenters. The van der Waals surface area contributed by atoms with Crippen LogP contribution >= 0.6 is 0 Å². The Balaban J connectivity index is 1.71. The average molecular weight is 289 g/mol. The predicted molar refractivity (Wildman–Crippen MR) is 77.4 cm³/mol. The third-order valence-corrected chi connectivity index (χ3v) is 4.42. The molecule has 3 rings (SSSR count). The van der Waals surface area contributed by atoms with Crippen molar-refractivity contribution in [1.29, 1.82) is 0 Å². The molecule has 5 nitrogen and oxygen atoms in total. The minimum atomic E-state index is -0.738. The standard InChI is InChI=1S/C16H19NO4/c18-15(11-5-7-12(8-6-11)16(19)20)17-9-10-21-14-4-2-1-3-13(14)17/h1-4,11-12H,5-10H2,(H,19,20). The van der Waals surface area contributed by atoms with Crippen LogP contribution in [0.25, 0.3) is 0 Å². The molecule has 21 heavy (non-hydrogen) atoms. The van der Waals surface area contributed by atoms with E-state index >= 15 is 0 Å². The summed E-state index contributed by atoms with van der Waals surface area (Å²) in [7, 11) is 0. The molecule has 0 atom stereocenters. The van der Waals surface area contributed by atoms with Crippen molar-refractivity contribution in [1.82, 2.24) is 0 Å². The van der Waals surface area contributed by atoms with E-state index in [1.807, 2.05) is 24.3 Å². The molecule has 5 heteroatoms. The van der Waals surface area contributed by atoms with Gasteiger partial charge in [-0.1, -0.05) is 12.1 Å². The molecule has 1 heterocycles. The zero-order chi connectivity index (χ0) is 14.8. The van der Waals surface area contributed by atoms with Gasteiger partial charge in [0.1, 0.15) is 12.4 Å². The first-order chi connectivity index (χ1) is 10.2. The number of aliphatic carboxylic acids is 1. The summed E-state index contributed by atoms with van der Waals surface area (Å²) >= 11 is 0. The number of para-hydroxylation sites is 2. The molecule has 1 aromatic rings. The van der Waals surface area contributed by atoms with E-state index in [-0.39, 0.29) is 17.7 Å². The van der Waals surface area contributed by atoms with E-state index in [0.717, 1.165) is 11.4 Å². The third kappa shape index (κ3) is 2.73. The normalized spacial score (nSPS) is 24.9. The SMILES string of the molecule is O=C(O)C1CCC(C(=O)N2CCOc3ccccc32)CC1. The molecule has 0 bridgehead atoms. The van der Waals surface area contributed by atoms with Gasteiger partial charge < -0.3 is 14.7 Å². The number of carbonyl (C=O) groups is 2. The summed E-state index contributed by atoms with van der Waals surface area (Å²) in [5, 5.41) is 9.03. The molecule has 1 fully saturated rings. The Kier molecular flexibility index (Phi) is 3.82. The van der Waals surface area contributed by atoms with Gasteiger partial charge in [0.2, 0.25) is 5.91 Å². The number of nitrogens with zero attached hydrogens (tertiary/aromatic N) is 1. The smallest absolute Gasteiger partial charge is 0.306 e. The van der Waals surface area contributed by atoms with Gasteiger partial charge in [0.25, 0.3) is 0 Å². The minimum absolute atomic E-state index is 0.0632. The number of rotatable bonds is 2. The van der Waals surface area contributed by atoms with Gasteiger partial charge in [0, 0.05) is 5.92 Å². The quantitative estimate of drug-likeness (QED) is 0.907. The number of carboxylic acids is 1. The van der Waals surface area contributed by atoms with Crippen LogP contribution in [-0.2, 0) is 9.59 Å². The van der Waals surface area contributed by atoms with Crippen molar-refractivity contribution >= 4 is 17.6 Å². The second kappa shape index (κ2) is 5.76. The Morgan fingerprint density at radius 3 is 2.48 bits per heavy atom. The molecule has 0 saturated heterocycles. The van der Waals surface area contributed by atoms with Crippen LogP contribution in [0.3, 0.4) is 0 Å². The number of hydrogen-bond donors (Lipinski definition) is 1. The van der Waals surface area contributed by atoms with Crippen LogP contribution in [0.5, 0.6) is 5.75 Å². The second-order valence-electron chi connectivity index (χ2n) is 5.69. The highest BCUT2D eigenvalue weighted by molar-refractivity contribution is 5.97. The number of hydrogen-bond acceptors (Lipinski definition) is 3. The Morgan fingerprint density at radius 1 is 1.10 bits per heavy atom. The molecule has 0 aromatic heterocycles. The van der Waals surface area contributed by atoms with Crippen molar-refractivity contribution in [3.8, 4) is 5.75 Å². The molecule has 1 N–H and O–H groups in total. The van der Waals surface area contributed by atoms with E-state index in [4.69, 9.17) is 9.84 Å². The summed E-state index contributed by atoms with van der Waals surface area (Å²) in [6, 6.07) is 7.56. The van der Waals surface area contributed by atoms with Gasteiger partial charge in [-0.3, -0.25) is 9.59 Å². The summed E-state index contributed by atoms with van der Waals surface area (Å²) < 4.78 is 5.57. The van der Waals surface area contributed by atoms with Crippen molar-refractivity contribution in [2.45, 2.75) is 25.7 Å². The van der Waals surface area contributed by atoms with Crippen LogP contribution in [0, 0.1) is 11.8 Å². The first kappa shape index (κ1) is 13.9. The molecule has 1 aromatic carbocycles. The second-order valence-corrected chi connectivity index (χ2v) is 5.69. The summed E-state index contributed by atoms with van der Waals surface area (Å²) in [5.41, 5.74) is 0.828. The highest BCUT2D eigenvalue weighted by Gasteiger charge is 2.34. The van der Waals surface area contributed by atoms with Crippen molar-refractivity contribution in [3.63, 3.8) is 0 Å². The Bertz CT molecular complexity index is 549. The molecule has 112 valence electrons. The molecule has 1 aliphatic heterocycles. The predicted octanol–water partition coefficient (Wildman–Crippen LogP) is 2.30. The average Bonchev–Trinajstić information content (AvgIpc) is 2.53. The van der Waals surface area contributed by atoms with Gasteiger partial charge in [-0.2, -0.15) is 0 Å². The Labute approximate surface area is 123 Å². The maximum Gasteiger partial charge on any atom is 0.306 e. The van der Waals surface area contributed by atoms with Crippen LogP contribution in [0.1, 0.15) is 25.7 Å². The fourth-order valence-corrected chi connectivity index (χ4v) is 3.21. The van der Waals surface area contributed by atoms with E-state index in [9.17, 15) is 9.59 Å². The van der Waals surface area contributed by atoms with Crippen LogP contribution in [-0.4, -0.2) is 30.1 Å². The van der Waals surface area contributed by atoms with Gasteiger partial charge in [-0.25, -0.2) is 0 Å². The monoisotopic (exact) mass is 289 g/mol. The lowest BCUT2D eigenvalue weighted by atomic mass is 9.81. The Hall–Kier alpha value is -2.04. The first-order valence-corrected chi connectivity index (χ1v) is 7.43. The van der Waals surface area contributed by atoms with Gasteiger partial charge in [-0.05, 0) is 37.8 Å². The molecule has 0 radical (unpaired) electrons. The number of amides is 1. The first-order valence-electron chi connectivity index (χ1n) is 7.43. The fraction of sp³-hybridized carbons (Fsp3) is 0.500. The molecule has 0 spiro atoms. The van der Waals surface area contributed by atoms with Gasteiger partial charge in [0.15, 0.2) is 0 Å². The van der Waals surface area contributed by atoms with E-state index in [1.165, 1.54) is 0 Å². The van der Waals surface area contributed by atoms with Crippen molar-refractivity contribution in [2.75, 3.05) is 18.1 Å². The molecule has 1 amide bonds. The topological polar surface area (TPSA) is 66.8 Å². The van der Waals surface area contributed by atoms with Crippen LogP contribution < -0.4 is 9.64 Å². The van der Waals surface area contributed by atoms with Crippen LogP contribution in [0.4, 0.5) is 5.69 Å². The van der Waals surface area contributed by atoms with Crippen LogP contribution in [0.15, 0.2) is 24.3 Å². The highest BCUT2D eigenvalue weighted by Crippen LogP contribution is 2.35. The molecular formula is C16H19NO4. The summed E-state index contributed by atoms with van der Waals surface area (Å²) in [6.07, 6.45) is 2.51. The number of carboxylic acid groups (broad SMARTS) is 1. The lowest BCUT2D eigenvalue weighted by Gasteiger charge is -2.34. The summed E-state index contributed by atoms with van der Waals surface area (Å²) in [5.74, 6) is -0.235. The Morgan fingerprint density at radius 2 is 1.76 bits per heavy atom. The summed E-state index contributed by atoms with van der Waals surface area (Å²) in [6.45, 7) is 1.07. The molecule has 1 aliphatic carbocycles. The summed E-state index contributed by atoms with van der Waals surface area (Å²) in [4.78, 5) is 25.5. The largest absolute Gasteiger partial charge is 0.490 e. The van der Waals surface area contributed by atoms with Crippen molar-refractivity contribution in [3.05, 3.63) is 24.3 Å². The minimum Gasteiger partial charge on any atom is -0.490 e. The molecule has 2 aliphatic rings. The van der Waals surface area contributed by atoms with E-state index < -0.39 is 5.97 Å². The lowest BCUT2D eigenvalue weighted by molar-refractivity contribution is -0.144. The van der Waals surface area contributed by atoms with E-state index in [2.05, 4.69) is 0 Å². The van der Waals surface area contributed by atoms with Gasteiger partial charge in [0.05, 0.1) is 18.2 Å². The van der Waals surface area contributed by atoms with E-state index in [1.54, 1.807) is 4.90 Å².